The molecule has 0 aromatic heterocycles. The second kappa shape index (κ2) is 18.3. The first-order valence-corrected chi connectivity index (χ1v) is 10.0. The van der Waals surface area contributed by atoms with Gasteiger partial charge in [-0.3, -0.25) is 0 Å². The third kappa shape index (κ3) is 9.86. The summed E-state index contributed by atoms with van der Waals surface area (Å²) in [6, 6.07) is 29.3. The molecule has 4 aromatic carbocycles. The Balaban J connectivity index is 0. The van der Waals surface area contributed by atoms with Gasteiger partial charge in [0.25, 0.3) is 0 Å². The largest absolute Gasteiger partial charge is 2.00 e. The van der Waals surface area contributed by atoms with E-state index in [0.29, 0.717) is 0 Å². The van der Waals surface area contributed by atoms with Crippen LogP contribution in [0.15, 0.2) is 84.9 Å². The molecule has 0 spiro atoms. The standard InChI is InChI=1S/2C9H7.C2H6Si.2CH4O.Ti/c2*1-2-5-9-7-3-6-8(9)4-1;1-3-2;2*1-2;/h2*1-7H;1-2H3;2*2H,1H3;/q2*-1;;;;+2. The molecule has 0 bridgehead atoms. The van der Waals surface area contributed by atoms with Crippen molar-refractivity contribution in [3.63, 3.8) is 0 Å². The molecule has 2 radical (unpaired) electrons. The topological polar surface area (TPSA) is 40.5 Å². The van der Waals surface area contributed by atoms with Gasteiger partial charge in [-0.1, -0.05) is 25.2 Å². The molecule has 0 amide bonds. The predicted molar refractivity (Wildman–Crippen MR) is 113 cm³/mol. The van der Waals surface area contributed by atoms with Crippen molar-refractivity contribution >= 4 is 31.1 Å². The Morgan fingerprint density at radius 2 is 0.923 bits per heavy atom. The number of benzene rings is 2. The molecule has 4 heteroatoms. The number of hydrogen-bond donors (Lipinski definition) is 2. The van der Waals surface area contributed by atoms with Crippen LogP contribution in [0.5, 0.6) is 0 Å². The maximum Gasteiger partial charge on any atom is 2.00 e. The quantitative estimate of drug-likeness (QED) is 0.318. The number of hydrogen-bond acceptors (Lipinski definition) is 2. The zero-order chi connectivity index (χ0) is 18.9. The van der Waals surface area contributed by atoms with Gasteiger partial charge in [-0.15, -0.1) is 59.3 Å². The van der Waals surface area contributed by atoms with E-state index in [4.69, 9.17) is 10.2 Å². The van der Waals surface area contributed by atoms with E-state index in [9.17, 15) is 0 Å². The van der Waals surface area contributed by atoms with Crippen molar-refractivity contribution in [3.8, 4) is 0 Å². The third-order valence-corrected chi connectivity index (χ3v) is 3.10. The average molecular weight is 400 g/mol. The van der Waals surface area contributed by atoms with Crippen molar-refractivity contribution < 1.29 is 31.9 Å². The van der Waals surface area contributed by atoms with Crippen LogP contribution in [-0.2, 0) is 21.7 Å². The molecule has 0 aliphatic heterocycles. The van der Waals surface area contributed by atoms with Crippen LogP contribution in [0.4, 0.5) is 0 Å². The normalized spacial score (nSPS) is 8.23. The first-order valence-electron chi connectivity index (χ1n) is 8.04. The van der Waals surface area contributed by atoms with Crippen molar-refractivity contribution in [2.75, 3.05) is 14.2 Å². The van der Waals surface area contributed by atoms with Gasteiger partial charge in [0.1, 0.15) is 0 Å². The molecular formula is C22H28O2SiTi. The van der Waals surface area contributed by atoms with Gasteiger partial charge >= 0.3 is 21.7 Å². The van der Waals surface area contributed by atoms with Crippen LogP contribution in [0, 0.1) is 0 Å². The molecule has 0 fully saturated rings. The minimum atomic E-state index is 0. The molecule has 0 atom stereocenters. The molecule has 136 valence electrons. The predicted octanol–water partition coefficient (Wildman–Crippen LogP) is 5.12. The summed E-state index contributed by atoms with van der Waals surface area (Å²) in [5.74, 6) is 0. The first-order chi connectivity index (χ1) is 12.3. The fourth-order valence-corrected chi connectivity index (χ4v) is 2.14. The van der Waals surface area contributed by atoms with Crippen molar-refractivity contribution in [1.82, 2.24) is 0 Å². The summed E-state index contributed by atoms with van der Waals surface area (Å²) in [5.41, 5.74) is 0. The number of rotatable bonds is 0. The second-order valence-electron chi connectivity index (χ2n) is 4.81. The molecule has 0 saturated heterocycles. The van der Waals surface area contributed by atoms with Gasteiger partial charge in [-0.2, -0.15) is 35.0 Å². The maximum atomic E-state index is 7.00. The molecule has 0 aliphatic rings. The molecule has 2 N–H and O–H groups in total. The molecule has 4 rings (SSSR count). The monoisotopic (exact) mass is 400 g/mol. The number of fused-ring (bicyclic) bond motifs is 2. The van der Waals surface area contributed by atoms with E-state index in [1.54, 1.807) is 0 Å². The maximum absolute atomic E-state index is 7.00. The Morgan fingerprint density at radius 3 is 1.23 bits per heavy atom. The molecule has 26 heavy (non-hydrogen) atoms. The molecule has 0 saturated carbocycles. The van der Waals surface area contributed by atoms with Crippen molar-refractivity contribution in [1.29, 1.82) is 0 Å². The van der Waals surface area contributed by atoms with Gasteiger partial charge in [0, 0.05) is 23.7 Å². The van der Waals surface area contributed by atoms with E-state index in [1.165, 1.54) is 21.5 Å². The van der Waals surface area contributed by atoms with Crippen LogP contribution in [0.3, 0.4) is 0 Å². The van der Waals surface area contributed by atoms with Crippen LogP contribution >= 0.6 is 0 Å². The Hall–Kier alpha value is -1.49. The van der Waals surface area contributed by atoms with E-state index in [2.05, 4.69) is 98.0 Å². The Bertz CT molecular complexity index is 651. The summed E-state index contributed by atoms with van der Waals surface area (Å²) in [6.45, 7) is 4.31. The van der Waals surface area contributed by atoms with Gasteiger partial charge in [-0.05, 0) is 0 Å². The Labute approximate surface area is 174 Å². The zero-order valence-corrected chi connectivity index (χ0v) is 18.5. The summed E-state index contributed by atoms with van der Waals surface area (Å²) >= 11 is 0. The van der Waals surface area contributed by atoms with Crippen LogP contribution in [0.2, 0.25) is 13.1 Å². The van der Waals surface area contributed by atoms with Crippen molar-refractivity contribution in [3.05, 3.63) is 84.9 Å². The Morgan fingerprint density at radius 1 is 0.615 bits per heavy atom. The zero-order valence-electron chi connectivity index (χ0n) is 16.0. The molecular weight excluding hydrogens is 372 g/mol. The van der Waals surface area contributed by atoms with E-state index in [0.717, 1.165) is 23.7 Å². The molecule has 4 aromatic rings. The van der Waals surface area contributed by atoms with Crippen molar-refractivity contribution in [2.24, 2.45) is 0 Å². The Kier molecular flexibility index (Phi) is 18.8. The van der Waals surface area contributed by atoms with Gasteiger partial charge in [-0.25, -0.2) is 0 Å². The summed E-state index contributed by atoms with van der Waals surface area (Å²) in [7, 11) is 3.08. The molecule has 0 heterocycles. The first kappa shape index (κ1) is 26.7. The summed E-state index contributed by atoms with van der Waals surface area (Å²) < 4.78 is 0. The van der Waals surface area contributed by atoms with Gasteiger partial charge in [0.15, 0.2) is 0 Å². The van der Waals surface area contributed by atoms with E-state index in [1.807, 2.05) is 0 Å². The van der Waals surface area contributed by atoms with Crippen LogP contribution in [-0.4, -0.2) is 34.0 Å². The SMILES string of the molecule is CO.CO.C[Si]C.[Ti+2].c1ccc2[cH-]ccc2c1.c1ccc2[cH-]ccc2c1. The minimum absolute atomic E-state index is 0. The van der Waals surface area contributed by atoms with Crippen LogP contribution < -0.4 is 0 Å². The van der Waals surface area contributed by atoms with E-state index < -0.39 is 0 Å². The number of aliphatic hydroxyl groups excluding tert-OH is 2. The molecule has 0 unspecified atom stereocenters. The summed E-state index contributed by atoms with van der Waals surface area (Å²) in [5, 5.41) is 19.3. The van der Waals surface area contributed by atoms with Gasteiger partial charge < -0.3 is 10.2 Å². The fourth-order valence-electron chi connectivity index (χ4n) is 2.14. The van der Waals surface area contributed by atoms with E-state index in [-0.39, 0.29) is 21.7 Å². The second-order valence-corrected chi connectivity index (χ2v) is 5.81. The number of aliphatic hydroxyl groups is 2. The minimum Gasteiger partial charge on any atom is -0.400 e. The smallest absolute Gasteiger partial charge is 0.400 e. The van der Waals surface area contributed by atoms with Gasteiger partial charge in [0.05, 0.1) is 0 Å². The molecule has 0 aliphatic carbocycles. The third-order valence-electron chi connectivity index (χ3n) is 3.10. The van der Waals surface area contributed by atoms with Gasteiger partial charge in [0.2, 0.25) is 0 Å². The average Bonchev–Trinajstić information content (AvgIpc) is 3.35. The van der Waals surface area contributed by atoms with Crippen LogP contribution in [0.25, 0.3) is 21.5 Å². The van der Waals surface area contributed by atoms with Crippen LogP contribution in [0.1, 0.15) is 0 Å². The van der Waals surface area contributed by atoms with E-state index >= 15 is 0 Å². The fraction of sp³-hybridized carbons (Fsp3) is 0.182. The van der Waals surface area contributed by atoms with Crippen molar-refractivity contribution in [2.45, 2.75) is 13.1 Å². The summed E-state index contributed by atoms with van der Waals surface area (Å²) in [6.07, 6.45) is 0. The summed E-state index contributed by atoms with van der Waals surface area (Å²) in [4.78, 5) is 0. The molecule has 2 nitrogen and oxygen atoms in total.